The molecule has 0 saturated heterocycles. The molecular weight excluding hydrogens is 745 g/mol. The highest BCUT2D eigenvalue weighted by atomic mass is 16.6. The summed E-state index contributed by atoms with van der Waals surface area (Å²) in [7, 11) is 0. The molecule has 0 N–H and O–H groups in total. The van der Waals surface area contributed by atoms with E-state index in [2.05, 4.69) is 33.1 Å². The fourth-order valence-corrected chi connectivity index (χ4v) is 5.94. The normalized spacial score (nSPS) is 14.7. The summed E-state index contributed by atoms with van der Waals surface area (Å²) in [6.45, 7) is 8.40. The molecule has 1 aliphatic carbocycles. The molecule has 0 radical (unpaired) electrons. The first kappa shape index (κ1) is 42.7. The van der Waals surface area contributed by atoms with Crippen molar-refractivity contribution in [3.8, 4) is 34.3 Å². The lowest BCUT2D eigenvalue weighted by Crippen LogP contribution is -2.37. The molecule has 58 heavy (non-hydrogen) atoms. The van der Waals surface area contributed by atoms with Gasteiger partial charge in [0.25, 0.3) is 0 Å². The molecular formula is C44H48N4O10. The van der Waals surface area contributed by atoms with Gasteiger partial charge in [0.05, 0.1) is 62.3 Å². The summed E-state index contributed by atoms with van der Waals surface area (Å²) in [5.41, 5.74) is 2.15. The van der Waals surface area contributed by atoms with Gasteiger partial charge in [0, 0.05) is 23.3 Å². The summed E-state index contributed by atoms with van der Waals surface area (Å²) in [6.07, 6.45) is 15.1. The molecule has 14 heteroatoms. The minimum atomic E-state index is -0.578. The number of benzene rings is 2. The van der Waals surface area contributed by atoms with Gasteiger partial charge in [0.2, 0.25) is 0 Å². The van der Waals surface area contributed by atoms with Crippen molar-refractivity contribution in [3.63, 3.8) is 0 Å². The van der Waals surface area contributed by atoms with Crippen molar-refractivity contribution in [1.29, 1.82) is 0 Å². The monoisotopic (exact) mass is 792 g/mol. The standard InChI is InChI=1S/C44H48N4O10/c1-3-39(49)55-25-11-5-9-23-53-35-27-45-41(46-28-35)31-15-19-33(20-16-31)43(51)57-37-13-7-8-14-38(37)58-44(52)34-21-17-32(18-22-34)42-47-29-36(30-48-42)54-24-10-6-12-26-56-40(50)4-2/h3-4,15-22,27-30,37-38H,1-2,5-14,23-26H2/t37-,38-/m1/s1. The fourth-order valence-electron chi connectivity index (χ4n) is 5.94. The molecule has 1 saturated carbocycles. The van der Waals surface area contributed by atoms with Crippen LogP contribution in [0.15, 0.2) is 98.6 Å². The Morgan fingerprint density at radius 1 is 0.534 bits per heavy atom. The quantitative estimate of drug-likeness (QED) is 0.0331. The summed E-state index contributed by atoms with van der Waals surface area (Å²) in [5, 5.41) is 0. The molecule has 0 amide bonds. The van der Waals surface area contributed by atoms with E-state index in [-0.39, 0.29) is 0 Å². The van der Waals surface area contributed by atoms with Crippen LogP contribution in [0.25, 0.3) is 22.8 Å². The summed E-state index contributed by atoms with van der Waals surface area (Å²) in [6, 6.07) is 13.6. The number of aromatic nitrogens is 4. The van der Waals surface area contributed by atoms with E-state index in [1.807, 2.05) is 0 Å². The maximum atomic E-state index is 13.2. The van der Waals surface area contributed by atoms with Crippen LogP contribution < -0.4 is 9.47 Å². The van der Waals surface area contributed by atoms with Crippen molar-refractivity contribution in [2.45, 2.75) is 76.4 Å². The van der Waals surface area contributed by atoms with Gasteiger partial charge in [-0.1, -0.05) is 37.4 Å². The minimum Gasteiger partial charge on any atom is -0.490 e. The number of carbonyl (C=O) groups excluding carboxylic acids is 4. The predicted octanol–water partition coefficient (Wildman–Crippen LogP) is 7.48. The third-order valence-electron chi connectivity index (χ3n) is 9.11. The molecule has 14 nitrogen and oxygen atoms in total. The van der Waals surface area contributed by atoms with Crippen molar-refractivity contribution in [2.24, 2.45) is 0 Å². The van der Waals surface area contributed by atoms with Crippen LogP contribution in [0, 0.1) is 0 Å². The molecule has 1 aliphatic rings. The van der Waals surface area contributed by atoms with E-state index >= 15 is 0 Å². The zero-order valence-corrected chi connectivity index (χ0v) is 32.4. The zero-order valence-electron chi connectivity index (χ0n) is 32.4. The Morgan fingerprint density at radius 3 is 1.26 bits per heavy atom. The van der Waals surface area contributed by atoms with Crippen LogP contribution in [0.4, 0.5) is 0 Å². The number of unbranched alkanes of at least 4 members (excludes halogenated alkanes) is 4. The second-order valence-electron chi connectivity index (χ2n) is 13.4. The topological polar surface area (TPSA) is 175 Å². The number of hydrogen-bond acceptors (Lipinski definition) is 14. The van der Waals surface area contributed by atoms with Gasteiger partial charge >= 0.3 is 23.9 Å². The van der Waals surface area contributed by atoms with Crippen LogP contribution in [0.2, 0.25) is 0 Å². The highest BCUT2D eigenvalue weighted by Crippen LogP contribution is 2.27. The Balaban J connectivity index is 1.04. The van der Waals surface area contributed by atoms with E-state index in [0.717, 1.165) is 74.6 Å². The van der Waals surface area contributed by atoms with E-state index in [1.54, 1.807) is 73.3 Å². The first-order valence-corrected chi connectivity index (χ1v) is 19.4. The van der Waals surface area contributed by atoms with Gasteiger partial charge in [0.15, 0.2) is 23.1 Å². The number of nitrogens with zero attached hydrogens (tertiary/aromatic N) is 4. The summed E-state index contributed by atoms with van der Waals surface area (Å²) < 4.78 is 33.1. The number of ether oxygens (including phenoxy) is 6. The van der Waals surface area contributed by atoms with Gasteiger partial charge in [-0.05, 0) is 88.5 Å². The molecule has 0 unspecified atom stereocenters. The largest absolute Gasteiger partial charge is 0.490 e. The lowest BCUT2D eigenvalue weighted by Gasteiger charge is -2.30. The summed E-state index contributed by atoms with van der Waals surface area (Å²) in [5.74, 6) is 0.171. The van der Waals surface area contributed by atoms with Crippen LogP contribution in [-0.4, -0.2) is 82.4 Å². The van der Waals surface area contributed by atoms with Crippen LogP contribution in [0.5, 0.6) is 11.5 Å². The van der Waals surface area contributed by atoms with E-state index in [0.29, 0.717) is 73.5 Å². The Morgan fingerprint density at radius 2 is 0.897 bits per heavy atom. The van der Waals surface area contributed by atoms with Gasteiger partial charge < -0.3 is 28.4 Å². The Labute approximate surface area is 337 Å². The highest BCUT2D eigenvalue weighted by molar-refractivity contribution is 5.91. The molecule has 0 aliphatic heterocycles. The third-order valence-corrected chi connectivity index (χ3v) is 9.11. The first-order chi connectivity index (χ1) is 28.3. The number of carbonyl (C=O) groups is 4. The lowest BCUT2D eigenvalue weighted by molar-refractivity contribution is -0.138. The van der Waals surface area contributed by atoms with E-state index in [4.69, 9.17) is 28.4 Å². The fraction of sp³-hybridized carbons (Fsp3) is 0.364. The Bertz CT molecular complexity index is 1810. The summed E-state index contributed by atoms with van der Waals surface area (Å²) >= 11 is 0. The van der Waals surface area contributed by atoms with Gasteiger partial charge in [-0.2, -0.15) is 0 Å². The smallest absolute Gasteiger partial charge is 0.338 e. The summed E-state index contributed by atoms with van der Waals surface area (Å²) in [4.78, 5) is 66.1. The Kier molecular flexibility index (Phi) is 16.9. The van der Waals surface area contributed by atoms with Crippen LogP contribution in [0.3, 0.4) is 0 Å². The van der Waals surface area contributed by atoms with Crippen LogP contribution in [0.1, 0.15) is 84.9 Å². The molecule has 4 aromatic rings. The van der Waals surface area contributed by atoms with Crippen molar-refractivity contribution in [2.75, 3.05) is 26.4 Å². The molecule has 1 fully saturated rings. The molecule has 0 bridgehead atoms. The van der Waals surface area contributed by atoms with Gasteiger partial charge in [-0.3, -0.25) is 0 Å². The first-order valence-electron chi connectivity index (χ1n) is 19.4. The molecule has 2 atom stereocenters. The van der Waals surface area contributed by atoms with Gasteiger partial charge in [-0.15, -0.1) is 0 Å². The molecule has 2 aromatic carbocycles. The molecule has 304 valence electrons. The van der Waals surface area contributed by atoms with Crippen molar-refractivity contribution in [3.05, 3.63) is 110 Å². The maximum Gasteiger partial charge on any atom is 0.338 e. The van der Waals surface area contributed by atoms with Crippen molar-refractivity contribution in [1.82, 2.24) is 19.9 Å². The maximum absolute atomic E-state index is 13.2. The molecule has 0 spiro atoms. The van der Waals surface area contributed by atoms with Crippen molar-refractivity contribution >= 4 is 23.9 Å². The molecule has 2 heterocycles. The Hall–Kier alpha value is -6.44. The zero-order chi connectivity index (χ0) is 41.0. The average Bonchev–Trinajstić information content (AvgIpc) is 3.26. The molecule has 2 aromatic heterocycles. The minimum absolute atomic E-state index is 0.350. The van der Waals surface area contributed by atoms with E-state index < -0.39 is 36.1 Å². The second-order valence-corrected chi connectivity index (χ2v) is 13.4. The van der Waals surface area contributed by atoms with Gasteiger partial charge in [0.1, 0.15) is 12.2 Å². The third kappa shape index (κ3) is 13.6. The second kappa shape index (κ2) is 23.0. The predicted molar refractivity (Wildman–Crippen MR) is 213 cm³/mol. The SMILES string of the molecule is C=CC(=O)OCCCCCOc1cnc(-c2ccc(C(=O)O[C@@H]3CCCC[C@H]3OC(=O)c3ccc(-c4ncc(OCCCCCOC(=O)C=C)cn4)cc3)cc2)nc1. The highest BCUT2D eigenvalue weighted by Gasteiger charge is 2.32. The average molecular weight is 793 g/mol. The lowest BCUT2D eigenvalue weighted by atomic mass is 9.94. The molecule has 5 rings (SSSR count). The van der Waals surface area contributed by atoms with Crippen LogP contribution >= 0.6 is 0 Å². The number of rotatable bonds is 22. The van der Waals surface area contributed by atoms with E-state index in [1.165, 1.54) is 0 Å². The van der Waals surface area contributed by atoms with Crippen LogP contribution in [-0.2, 0) is 28.5 Å². The number of hydrogen-bond donors (Lipinski definition) is 0. The van der Waals surface area contributed by atoms with Gasteiger partial charge in [-0.25, -0.2) is 39.1 Å². The van der Waals surface area contributed by atoms with E-state index in [9.17, 15) is 19.2 Å². The van der Waals surface area contributed by atoms with Crippen molar-refractivity contribution < 1.29 is 47.6 Å². The number of esters is 4.